The van der Waals surface area contributed by atoms with Crippen LogP contribution in [0.4, 0.5) is 5.69 Å². The number of aliphatic hydroxyl groups excluding tert-OH is 1. The van der Waals surface area contributed by atoms with Gasteiger partial charge in [0.05, 0.1) is 0 Å². The highest BCUT2D eigenvalue weighted by Crippen LogP contribution is 2.22. The molecule has 0 radical (unpaired) electrons. The molecule has 5 nitrogen and oxygen atoms in total. The Morgan fingerprint density at radius 1 is 1.42 bits per heavy atom. The molecule has 0 bridgehead atoms. The number of amides is 1. The van der Waals surface area contributed by atoms with Crippen LogP contribution >= 0.6 is 0 Å². The fourth-order valence-electron chi connectivity index (χ4n) is 1.64. The van der Waals surface area contributed by atoms with Gasteiger partial charge < -0.3 is 20.6 Å². The summed E-state index contributed by atoms with van der Waals surface area (Å²) in [5, 5.41) is 12.7. The number of anilines is 1. The lowest BCUT2D eigenvalue weighted by Gasteiger charge is -2.21. The van der Waals surface area contributed by atoms with Gasteiger partial charge >= 0.3 is 0 Å². The first-order valence-electron chi connectivity index (χ1n) is 6.09. The predicted octanol–water partition coefficient (Wildman–Crippen LogP) is 1.76. The number of rotatable bonds is 4. The lowest BCUT2D eigenvalue weighted by Crippen LogP contribution is -2.35. The third-order valence-electron chi connectivity index (χ3n) is 2.92. The number of hydrogen-bond acceptors (Lipinski definition) is 4. The Bertz CT molecular complexity index is 602. The molecule has 0 aliphatic heterocycles. The molecule has 1 heterocycles. The third kappa shape index (κ3) is 3.06. The number of nitrogens with one attached hydrogen (secondary N) is 1. The quantitative estimate of drug-likeness (QED) is 0.732. The normalized spacial score (nSPS) is 11.7. The lowest BCUT2D eigenvalue weighted by molar-refractivity contribution is 0.0886. The highest BCUT2D eigenvalue weighted by Gasteiger charge is 2.19. The number of aliphatic hydroxyl groups is 1. The average Bonchev–Trinajstić information content (AvgIpc) is 2.79. The number of carbonyl (C=O) groups excluding carboxylic acids is 1. The van der Waals surface area contributed by atoms with Gasteiger partial charge in [-0.2, -0.15) is 0 Å². The lowest BCUT2D eigenvalue weighted by atomic mass is 9.95. The van der Waals surface area contributed by atoms with Gasteiger partial charge in [-0.3, -0.25) is 4.79 Å². The van der Waals surface area contributed by atoms with Gasteiger partial charge in [0.2, 0.25) is 0 Å². The molecule has 2 rings (SSSR count). The summed E-state index contributed by atoms with van der Waals surface area (Å²) >= 11 is 0. The zero-order valence-corrected chi connectivity index (χ0v) is 11.1. The van der Waals surface area contributed by atoms with Crippen LogP contribution in [0.2, 0.25) is 0 Å². The van der Waals surface area contributed by atoms with Crippen LogP contribution in [0.5, 0.6) is 0 Å². The van der Waals surface area contributed by atoms with Crippen LogP contribution < -0.4 is 11.1 Å². The number of fused-ring (bicyclic) bond motifs is 1. The van der Waals surface area contributed by atoms with Crippen LogP contribution in [0.3, 0.4) is 0 Å². The summed E-state index contributed by atoms with van der Waals surface area (Å²) in [6.07, 6.45) is 0. The highest BCUT2D eigenvalue weighted by atomic mass is 16.3. The Labute approximate surface area is 111 Å². The average molecular weight is 262 g/mol. The van der Waals surface area contributed by atoms with Gasteiger partial charge in [0.15, 0.2) is 5.76 Å². The number of benzene rings is 1. The second-order valence-corrected chi connectivity index (χ2v) is 5.41. The molecule has 1 amide bonds. The van der Waals surface area contributed by atoms with Crippen molar-refractivity contribution in [3.63, 3.8) is 0 Å². The summed E-state index contributed by atoms with van der Waals surface area (Å²) < 4.78 is 5.45. The van der Waals surface area contributed by atoms with E-state index in [1.807, 2.05) is 13.8 Å². The van der Waals surface area contributed by atoms with Crippen LogP contribution in [0.15, 0.2) is 28.7 Å². The highest BCUT2D eigenvalue weighted by molar-refractivity contribution is 5.96. The summed E-state index contributed by atoms with van der Waals surface area (Å²) in [5.41, 5.74) is 6.57. The first kappa shape index (κ1) is 13.4. The summed E-state index contributed by atoms with van der Waals surface area (Å²) in [6.45, 7) is 4.12. The summed E-state index contributed by atoms with van der Waals surface area (Å²) in [5.74, 6) is -0.0503. The molecule has 0 atom stereocenters. The smallest absolute Gasteiger partial charge is 0.287 e. The zero-order valence-electron chi connectivity index (χ0n) is 11.1. The molecular formula is C14H18N2O3. The van der Waals surface area contributed by atoms with Crippen LogP contribution in [-0.4, -0.2) is 24.2 Å². The van der Waals surface area contributed by atoms with E-state index in [1.54, 1.807) is 24.3 Å². The van der Waals surface area contributed by atoms with Crippen LogP contribution in [-0.2, 0) is 0 Å². The van der Waals surface area contributed by atoms with Gasteiger partial charge in [0, 0.05) is 29.6 Å². The van der Waals surface area contributed by atoms with Crippen molar-refractivity contribution in [1.29, 1.82) is 0 Å². The molecule has 4 N–H and O–H groups in total. The SMILES string of the molecule is CC(C)(CO)CNC(=O)c1cc2cc(N)ccc2o1. The van der Waals surface area contributed by atoms with Gasteiger partial charge in [-0.1, -0.05) is 13.8 Å². The number of nitrogen functional groups attached to an aromatic ring is 1. The summed E-state index contributed by atoms with van der Waals surface area (Å²) in [6, 6.07) is 6.88. The maximum Gasteiger partial charge on any atom is 0.287 e. The van der Waals surface area contributed by atoms with Gasteiger partial charge in [0.1, 0.15) is 5.58 Å². The number of furan rings is 1. The van der Waals surface area contributed by atoms with Crippen molar-refractivity contribution in [3.8, 4) is 0 Å². The molecule has 102 valence electrons. The third-order valence-corrected chi connectivity index (χ3v) is 2.92. The van der Waals surface area contributed by atoms with E-state index in [4.69, 9.17) is 15.3 Å². The van der Waals surface area contributed by atoms with Crippen molar-refractivity contribution < 1.29 is 14.3 Å². The van der Waals surface area contributed by atoms with Crippen LogP contribution in [0.1, 0.15) is 24.4 Å². The van der Waals surface area contributed by atoms with Crippen molar-refractivity contribution in [2.45, 2.75) is 13.8 Å². The Morgan fingerprint density at radius 3 is 2.84 bits per heavy atom. The van der Waals surface area contributed by atoms with Crippen LogP contribution in [0.25, 0.3) is 11.0 Å². The second-order valence-electron chi connectivity index (χ2n) is 5.41. The van der Waals surface area contributed by atoms with Gasteiger partial charge in [0.25, 0.3) is 5.91 Å². The molecule has 0 fully saturated rings. The number of hydrogen-bond donors (Lipinski definition) is 3. The molecular weight excluding hydrogens is 244 g/mol. The van der Waals surface area contributed by atoms with E-state index in [0.29, 0.717) is 17.8 Å². The minimum absolute atomic E-state index is 0.00391. The Morgan fingerprint density at radius 2 is 2.16 bits per heavy atom. The maximum absolute atomic E-state index is 11.9. The molecule has 1 aromatic carbocycles. The molecule has 0 saturated heterocycles. The van der Waals surface area contributed by atoms with Gasteiger partial charge in [-0.25, -0.2) is 0 Å². The van der Waals surface area contributed by atoms with Crippen molar-refractivity contribution in [2.24, 2.45) is 5.41 Å². The minimum atomic E-state index is -0.355. The standard InChI is InChI=1S/C14H18N2O3/c1-14(2,8-17)7-16-13(18)12-6-9-5-10(15)3-4-11(9)19-12/h3-6,17H,7-8,15H2,1-2H3,(H,16,18). The van der Waals surface area contributed by atoms with E-state index >= 15 is 0 Å². The molecule has 5 heteroatoms. The van der Waals surface area contributed by atoms with E-state index < -0.39 is 0 Å². The Balaban J connectivity index is 2.13. The fourth-order valence-corrected chi connectivity index (χ4v) is 1.64. The summed E-state index contributed by atoms with van der Waals surface area (Å²) in [7, 11) is 0. The van der Waals surface area contributed by atoms with Crippen molar-refractivity contribution in [1.82, 2.24) is 5.32 Å². The van der Waals surface area contributed by atoms with Crippen molar-refractivity contribution in [2.75, 3.05) is 18.9 Å². The van der Waals surface area contributed by atoms with E-state index in [0.717, 1.165) is 5.39 Å². The number of nitrogens with two attached hydrogens (primary N) is 1. The largest absolute Gasteiger partial charge is 0.451 e. The van der Waals surface area contributed by atoms with Crippen molar-refractivity contribution >= 4 is 22.6 Å². The first-order chi connectivity index (χ1) is 8.91. The first-order valence-corrected chi connectivity index (χ1v) is 6.09. The number of carbonyl (C=O) groups is 1. The monoisotopic (exact) mass is 262 g/mol. The zero-order chi connectivity index (χ0) is 14.0. The van der Waals surface area contributed by atoms with Gasteiger partial charge in [-0.15, -0.1) is 0 Å². The van der Waals surface area contributed by atoms with Gasteiger partial charge in [-0.05, 0) is 24.3 Å². The van der Waals surface area contributed by atoms with E-state index in [9.17, 15) is 4.79 Å². The molecule has 0 aliphatic rings. The predicted molar refractivity (Wildman–Crippen MR) is 73.8 cm³/mol. The van der Waals surface area contributed by atoms with E-state index in [1.165, 1.54) is 0 Å². The van der Waals surface area contributed by atoms with E-state index in [-0.39, 0.29) is 23.7 Å². The summed E-state index contributed by atoms with van der Waals surface area (Å²) in [4.78, 5) is 11.9. The molecule has 2 aromatic rings. The maximum atomic E-state index is 11.9. The molecule has 0 aliphatic carbocycles. The van der Waals surface area contributed by atoms with Crippen LogP contribution in [0, 0.1) is 5.41 Å². The molecule has 0 saturated carbocycles. The molecule has 1 aromatic heterocycles. The molecule has 0 spiro atoms. The second kappa shape index (κ2) is 4.93. The minimum Gasteiger partial charge on any atom is -0.451 e. The topological polar surface area (TPSA) is 88.5 Å². The van der Waals surface area contributed by atoms with Crippen molar-refractivity contribution in [3.05, 3.63) is 30.0 Å². The Kier molecular flexibility index (Phi) is 3.48. The molecule has 19 heavy (non-hydrogen) atoms. The molecule has 0 unspecified atom stereocenters. The van der Waals surface area contributed by atoms with E-state index in [2.05, 4.69) is 5.32 Å². The Hall–Kier alpha value is -2.01. The fraction of sp³-hybridized carbons (Fsp3) is 0.357.